The van der Waals surface area contributed by atoms with Gasteiger partial charge < -0.3 is 14.4 Å². The quantitative estimate of drug-likeness (QED) is 0.665. The van der Waals surface area contributed by atoms with Crippen LogP contribution in [0.4, 0.5) is 0 Å². The molecule has 3 rings (SSSR count). The number of hydrogen-bond acceptors (Lipinski definition) is 3. The van der Waals surface area contributed by atoms with Gasteiger partial charge in [-0.05, 0) is 56.7 Å². The maximum absolute atomic E-state index is 13.0. The molecule has 1 heterocycles. The van der Waals surface area contributed by atoms with Gasteiger partial charge in [-0.15, -0.1) is 0 Å². The van der Waals surface area contributed by atoms with Crippen LogP contribution in [0.2, 0.25) is 5.02 Å². The lowest BCUT2D eigenvalue weighted by Crippen LogP contribution is -2.38. The van der Waals surface area contributed by atoms with E-state index in [4.69, 9.17) is 21.1 Å². The Balaban J connectivity index is 1.65. The second-order valence-corrected chi connectivity index (χ2v) is 7.99. The molecule has 1 amide bonds. The van der Waals surface area contributed by atoms with Gasteiger partial charge in [-0.2, -0.15) is 0 Å². The summed E-state index contributed by atoms with van der Waals surface area (Å²) >= 11 is 6.38. The molecule has 2 aromatic rings. The molecular weight excluding hydrogens is 374 g/mol. The molecular formula is C23H28ClNO3. The van der Waals surface area contributed by atoms with Gasteiger partial charge in [-0.3, -0.25) is 4.79 Å². The van der Waals surface area contributed by atoms with E-state index in [1.807, 2.05) is 24.8 Å². The van der Waals surface area contributed by atoms with Gasteiger partial charge in [0.05, 0.1) is 18.2 Å². The molecule has 0 atom stereocenters. The second kappa shape index (κ2) is 9.33. The highest BCUT2D eigenvalue weighted by atomic mass is 35.5. The lowest BCUT2D eigenvalue weighted by atomic mass is 9.90. The van der Waals surface area contributed by atoms with E-state index in [1.54, 1.807) is 19.2 Å². The Morgan fingerprint density at radius 1 is 1.18 bits per heavy atom. The summed E-state index contributed by atoms with van der Waals surface area (Å²) < 4.78 is 11.1. The smallest absolute Gasteiger partial charge is 0.254 e. The minimum Gasteiger partial charge on any atom is -0.493 e. The summed E-state index contributed by atoms with van der Waals surface area (Å²) in [5, 5.41) is 0.398. The predicted octanol–water partition coefficient (Wildman–Crippen LogP) is 5.23. The van der Waals surface area contributed by atoms with Gasteiger partial charge in [-0.25, -0.2) is 0 Å². The third kappa shape index (κ3) is 4.99. The topological polar surface area (TPSA) is 38.8 Å². The van der Waals surface area contributed by atoms with E-state index in [-0.39, 0.29) is 12.0 Å². The van der Waals surface area contributed by atoms with E-state index >= 15 is 0 Å². The highest BCUT2D eigenvalue weighted by Gasteiger charge is 2.25. The average molecular weight is 402 g/mol. The molecule has 0 saturated carbocycles. The van der Waals surface area contributed by atoms with Crippen LogP contribution in [0.3, 0.4) is 0 Å². The number of amides is 1. The molecule has 0 aromatic heterocycles. The summed E-state index contributed by atoms with van der Waals surface area (Å²) in [4.78, 5) is 14.9. The maximum atomic E-state index is 13.0. The summed E-state index contributed by atoms with van der Waals surface area (Å²) in [6.07, 6.45) is 3.07. The lowest BCUT2D eigenvalue weighted by Gasteiger charge is -2.32. The highest BCUT2D eigenvalue weighted by Crippen LogP contribution is 2.37. The number of rotatable bonds is 6. The Labute approximate surface area is 172 Å². The van der Waals surface area contributed by atoms with Gasteiger partial charge in [0.2, 0.25) is 0 Å². The molecule has 2 aromatic carbocycles. The predicted molar refractivity (Wildman–Crippen MR) is 113 cm³/mol. The summed E-state index contributed by atoms with van der Waals surface area (Å²) in [6, 6.07) is 14.0. The van der Waals surface area contributed by atoms with E-state index in [9.17, 15) is 4.79 Å². The summed E-state index contributed by atoms with van der Waals surface area (Å²) in [6.45, 7) is 5.38. The number of carbonyl (C=O) groups is 1. The van der Waals surface area contributed by atoms with E-state index in [0.29, 0.717) is 28.0 Å². The molecule has 0 unspecified atom stereocenters. The summed E-state index contributed by atoms with van der Waals surface area (Å²) in [5.74, 6) is 1.58. The largest absolute Gasteiger partial charge is 0.493 e. The number of methoxy groups -OCH3 is 1. The van der Waals surface area contributed by atoms with Crippen molar-refractivity contribution in [3.05, 3.63) is 58.6 Å². The van der Waals surface area contributed by atoms with Crippen LogP contribution in [0.1, 0.15) is 42.6 Å². The van der Waals surface area contributed by atoms with Gasteiger partial charge in [0.1, 0.15) is 0 Å². The molecule has 1 aliphatic heterocycles. The Morgan fingerprint density at radius 2 is 1.86 bits per heavy atom. The third-order valence-electron chi connectivity index (χ3n) is 5.10. The number of nitrogens with zero attached hydrogens (tertiary/aromatic N) is 1. The Kier molecular flexibility index (Phi) is 6.84. The molecule has 1 saturated heterocycles. The van der Waals surface area contributed by atoms with Crippen LogP contribution in [0, 0.1) is 5.92 Å². The molecule has 1 aliphatic rings. The number of likely N-dealkylation sites (tertiary alicyclic amines) is 1. The zero-order valence-corrected chi connectivity index (χ0v) is 17.5. The number of halogens is 1. The van der Waals surface area contributed by atoms with Crippen molar-refractivity contribution < 1.29 is 14.3 Å². The third-order valence-corrected chi connectivity index (χ3v) is 5.38. The zero-order valence-electron chi connectivity index (χ0n) is 16.8. The Hall–Kier alpha value is -2.20. The average Bonchev–Trinajstić information content (AvgIpc) is 2.70. The number of piperidine rings is 1. The standard InChI is InChI=1S/C23H28ClNO3/c1-16(2)28-22-20(24)14-19(15-21(22)27-3)23(26)25-11-9-18(10-12-25)13-17-7-5-4-6-8-17/h4-8,14-16,18H,9-13H2,1-3H3. The van der Waals surface area contributed by atoms with Crippen molar-refractivity contribution in [3.63, 3.8) is 0 Å². The van der Waals surface area contributed by atoms with Crippen molar-refractivity contribution in [1.82, 2.24) is 4.90 Å². The number of carbonyl (C=O) groups excluding carboxylic acids is 1. The number of hydrogen-bond donors (Lipinski definition) is 0. The first-order valence-electron chi connectivity index (χ1n) is 9.85. The molecule has 150 valence electrons. The van der Waals surface area contributed by atoms with E-state index in [0.717, 1.165) is 32.4 Å². The lowest BCUT2D eigenvalue weighted by molar-refractivity contribution is 0.0690. The fourth-order valence-electron chi connectivity index (χ4n) is 3.66. The molecule has 0 radical (unpaired) electrons. The first-order valence-corrected chi connectivity index (χ1v) is 10.2. The molecule has 0 bridgehead atoms. The summed E-state index contributed by atoms with van der Waals surface area (Å²) in [5.41, 5.74) is 1.91. The van der Waals surface area contributed by atoms with Gasteiger partial charge >= 0.3 is 0 Å². The minimum atomic E-state index is -0.0309. The van der Waals surface area contributed by atoms with Gasteiger partial charge in [0.15, 0.2) is 11.5 Å². The highest BCUT2D eigenvalue weighted by molar-refractivity contribution is 6.32. The van der Waals surface area contributed by atoms with Crippen LogP contribution in [-0.2, 0) is 6.42 Å². The molecule has 0 aliphatic carbocycles. The van der Waals surface area contributed by atoms with E-state index in [2.05, 4.69) is 24.3 Å². The molecule has 0 N–H and O–H groups in total. The zero-order chi connectivity index (χ0) is 20.1. The van der Waals surface area contributed by atoms with Crippen molar-refractivity contribution in [2.45, 2.75) is 39.2 Å². The maximum Gasteiger partial charge on any atom is 0.254 e. The first-order chi connectivity index (χ1) is 13.5. The molecule has 0 spiro atoms. The normalized spacial score (nSPS) is 15.0. The van der Waals surface area contributed by atoms with E-state index < -0.39 is 0 Å². The van der Waals surface area contributed by atoms with Crippen LogP contribution in [0.5, 0.6) is 11.5 Å². The van der Waals surface area contributed by atoms with Crippen LogP contribution in [0.25, 0.3) is 0 Å². The summed E-state index contributed by atoms with van der Waals surface area (Å²) in [7, 11) is 1.56. The van der Waals surface area contributed by atoms with Crippen molar-refractivity contribution in [2.24, 2.45) is 5.92 Å². The minimum absolute atomic E-state index is 0.00513. The molecule has 28 heavy (non-hydrogen) atoms. The first kappa shape index (κ1) is 20.5. The van der Waals surface area contributed by atoms with Crippen molar-refractivity contribution in [3.8, 4) is 11.5 Å². The molecule has 1 fully saturated rings. The number of ether oxygens (including phenoxy) is 2. The Bertz CT molecular complexity index is 799. The Morgan fingerprint density at radius 3 is 2.46 bits per heavy atom. The van der Waals surface area contributed by atoms with E-state index in [1.165, 1.54) is 5.56 Å². The monoisotopic (exact) mass is 401 g/mol. The van der Waals surface area contributed by atoms with Crippen LogP contribution in [0.15, 0.2) is 42.5 Å². The van der Waals surface area contributed by atoms with Gasteiger partial charge in [-0.1, -0.05) is 41.9 Å². The fraction of sp³-hybridized carbons (Fsp3) is 0.435. The molecule has 4 nitrogen and oxygen atoms in total. The SMILES string of the molecule is COc1cc(C(=O)N2CCC(Cc3ccccc3)CC2)cc(Cl)c1OC(C)C. The van der Waals surface area contributed by atoms with Crippen molar-refractivity contribution in [1.29, 1.82) is 0 Å². The molecule has 5 heteroatoms. The van der Waals surface area contributed by atoms with Gasteiger partial charge in [0, 0.05) is 18.7 Å². The van der Waals surface area contributed by atoms with Crippen molar-refractivity contribution in [2.75, 3.05) is 20.2 Å². The van der Waals surface area contributed by atoms with Gasteiger partial charge in [0.25, 0.3) is 5.91 Å². The fourth-order valence-corrected chi connectivity index (χ4v) is 3.92. The number of benzene rings is 2. The van der Waals surface area contributed by atoms with Crippen LogP contribution < -0.4 is 9.47 Å². The van der Waals surface area contributed by atoms with Crippen LogP contribution >= 0.6 is 11.6 Å². The second-order valence-electron chi connectivity index (χ2n) is 7.58. The van der Waals surface area contributed by atoms with Crippen LogP contribution in [-0.4, -0.2) is 37.1 Å². The van der Waals surface area contributed by atoms with Crippen molar-refractivity contribution >= 4 is 17.5 Å².